The molecular weight excluding hydrogens is 352 g/mol. The summed E-state index contributed by atoms with van der Waals surface area (Å²) in [6, 6.07) is 8.81. The molecule has 1 aromatic carbocycles. The highest BCUT2D eigenvalue weighted by Crippen LogP contribution is 2.30. The van der Waals surface area contributed by atoms with E-state index in [0.29, 0.717) is 12.6 Å². The molecule has 28 heavy (non-hydrogen) atoms. The van der Waals surface area contributed by atoms with Gasteiger partial charge in [0.15, 0.2) is 5.96 Å². The van der Waals surface area contributed by atoms with Crippen molar-refractivity contribution >= 4 is 5.96 Å². The predicted molar refractivity (Wildman–Crippen MR) is 114 cm³/mol. The summed E-state index contributed by atoms with van der Waals surface area (Å²) < 4.78 is 11.3. The van der Waals surface area contributed by atoms with Gasteiger partial charge in [-0.3, -0.25) is 4.90 Å². The summed E-state index contributed by atoms with van der Waals surface area (Å²) >= 11 is 0. The van der Waals surface area contributed by atoms with Crippen molar-refractivity contribution in [3.63, 3.8) is 0 Å². The van der Waals surface area contributed by atoms with Crippen molar-refractivity contribution < 1.29 is 9.47 Å². The molecule has 1 aromatic rings. The second kappa shape index (κ2) is 11.3. The first-order valence-electron chi connectivity index (χ1n) is 10.8. The molecule has 0 amide bonds. The zero-order valence-corrected chi connectivity index (χ0v) is 17.5. The summed E-state index contributed by atoms with van der Waals surface area (Å²) in [5, 5.41) is 6.90. The van der Waals surface area contributed by atoms with Crippen LogP contribution >= 0.6 is 0 Å². The van der Waals surface area contributed by atoms with Gasteiger partial charge < -0.3 is 20.1 Å². The lowest BCUT2D eigenvalue weighted by Gasteiger charge is -2.25. The number of nitrogens with zero attached hydrogens (tertiary/aromatic N) is 2. The molecule has 3 rings (SSSR count). The van der Waals surface area contributed by atoms with Gasteiger partial charge in [-0.1, -0.05) is 18.2 Å². The van der Waals surface area contributed by atoms with E-state index >= 15 is 0 Å². The van der Waals surface area contributed by atoms with Crippen molar-refractivity contribution in [2.24, 2.45) is 10.9 Å². The van der Waals surface area contributed by atoms with Gasteiger partial charge in [-0.25, -0.2) is 4.99 Å². The number of guanidine groups is 1. The summed E-state index contributed by atoms with van der Waals surface area (Å²) in [6.45, 7) is 8.27. The van der Waals surface area contributed by atoms with Crippen LogP contribution in [0.1, 0.15) is 38.2 Å². The first kappa shape index (κ1) is 20.9. The topological polar surface area (TPSA) is 58.1 Å². The number of aliphatic imine (C=N–C) groups is 1. The van der Waals surface area contributed by atoms with Crippen LogP contribution in [0.2, 0.25) is 0 Å². The number of likely N-dealkylation sites (tertiary alicyclic amines) is 1. The molecule has 0 aromatic heterocycles. The molecule has 1 aliphatic carbocycles. The molecule has 1 atom stereocenters. The van der Waals surface area contributed by atoms with E-state index < -0.39 is 0 Å². The summed E-state index contributed by atoms with van der Waals surface area (Å²) in [6.07, 6.45) is 5.10. The van der Waals surface area contributed by atoms with E-state index in [9.17, 15) is 0 Å². The van der Waals surface area contributed by atoms with E-state index in [4.69, 9.17) is 14.5 Å². The van der Waals surface area contributed by atoms with E-state index in [1.165, 1.54) is 25.7 Å². The molecule has 2 fully saturated rings. The van der Waals surface area contributed by atoms with Gasteiger partial charge in [0.1, 0.15) is 5.75 Å². The van der Waals surface area contributed by atoms with Gasteiger partial charge in [0.25, 0.3) is 0 Å². The lowest BCUT2D eigenvalue weighted by Crippen LogP contribution is -2.45. The highest BCUT2D eigenvalue weighted by Gasteiger charge is 2.24. The maximum atomic E-state index is 6.02. The predicted octanol–water partition coefficient (Wildman–Crippen LogP) is 2.64. The van der Waals surface area contributed by atoms with E-state index in [2.05, 4.69) is 40.7 Å². The molecule has 0 bridgehead atoms. The Labute approximate surface area is 169 Å². The van der Waals surface area contributed by atoms with Gasteiger partial charge in [0, 0.05) is 38.3 Å². The highest BCUT2D eigenvalue weighted by atomic mass is 16.5. The van der Waals surface area contributed by atoms with Crippen molar-refractivity contribution in [3.05, 3.63) is 29.8 Å². The van der Waals surface area contributed by atoms with E-state index in [1.807, 2.05) is 6.07 Å². The first-order chi connectivity index (χ1) is 13.8. The van der Waals surface area contributed by atoms with Crippen molar-refractivity contribution in [1.29, 1.82) is 0 Å². The Morgan fingerprint density at radius 1 is 1.21 bits per heavy atom. The van der Waals surface area contributed by atoms with E-state index in [0.717, 1.165) is 62.6 Å². The summed E-state index contributed by atoms with van der Waals surface area (Å²) in [4.78, 5) is 7.32. The second-order valence-corrected chi connectivity index (χ2v) is 7.76. The Kier molecular flexibility index (Phi) is 8.42. The van der Waals surface area contributed by atoms with Gasteiger partial charge in [-0.05, 0) is 51.1 Å². The van der Waals surface area contributed by atoms with Crippen LogP contribution in [0, 0.1) is 5.92 Å². The van der Waals surface area contributed by atoms with Gasteiger partial charge in [0.2, 0.25) is 0 Å². The molecule has 156 valence electrons. The van der Waals surface area contributed by atoms with Crippen LogP contribution in [-0.4, -0.2) is 63.4 Å². The number of hydrogen-bond donors (Lipinski definition) is 2. The normalized spacial score (nSPS) is 20.4. The summed E-state index contributed by atoms with van der Waals surface area (Å²) in [5.41, 5.74) is 1.14. The van der Waals surface area contributed by atoms with Crippen LogP contribution in [0.25, 0.3) is 0 Å². The Balaban J connectivity index is 1.53. The van der Waals surface area contributed by atoms with Gasteiger partial charge in [0.05, 0.1) is 19.8 Å². The minimum Gasteiger partial charge on any atom is -0.493 e. The Bertz CT molecular complexity index is 618. The highest BCUT2D eigenvalue weighted by molar-refractivity contribution is 5.79. The fourth-order valence-corrected chi connectivity index (χ4v) is 3.62. The average Bonchev–Trinajstić information content (AvgIpc) is 3.44. The molecule has 2 aliphatic rings. The largest absolute Gasteiger partial charge is 0.493 e. The van der Waals surface area contributed by atoms with Gasteiger partial charge in [-0.2, -0.15) is 0 Å². The zero-order chi connectivity index (χ0) is 19.6. The third-order valence-electron chi connectivity index (χ3n) is 5.48. The average molecular weight is 389 g/mol. The number of hydrogen-bond acceptors (Lipinski definition) is 4. The molecule has 1 aliphatic heterocycles. The molecule has 0 spiro atoms. The fraction of sp³-hybridized carbons (Fsp3) is 0.682. The smallest absolute Gasteiger partial charge is 0.191 e. The Hall–Kier alpha value is -1.79. The molecule has 6 nitrogen and oxygen atoms in total. The maximum absolute atomic E-state index is 6.02. The van der Waals surface area contributed by atoms with Crippen molar-refractivity contribution in [3.8, 4) is 5.75 Å². The lowest BCUT2D eigenvalue weighted by molar-refractivity contribution is 0.141. The number of para-hydroxylation sites is 1. The molecule has 0 radical (unpaired) electrons. The Morgan fingerprint density at radius 3 is 2.86 bits per heavy atom. The molecular formula is C22H36N4O2. The van der Waals surface area contributed by atoms with Crippen LogP contribution in [0.4, 0.5) is 0 Å². The second-order valence-electron chi connectivity index (χ2n) is 7.76. The first-order valence-corrected chi connectivity index (χ1v) is 10.8. The quantitative estimate of drug-likeness (QED) is 0.451. The minimum absolute atomic E-state index is 0.549. The molecule has 1 saturated heterocycles. The van der Waals surface area contributed by atoms with Crippen LogP contribution < -0.4 is 15.4 Å². The van der Waals surface area contributed by atoms with Crippen molar-refractivity contribution in [2.75, 3.05) is 46.5 Å². The number of ether oxygens (including phenoxy) is 2. The number of rotatable bonds is 11. The molecule has 1 saturated carbocycles. The third-order valence-corrected chi connectivity index (χ3v) is 5.48. The summed E-state index contributed by atoms with van der Waals surface area (Å²) in [5.74, 6) is 2.59. The number of methoxy groups -OCH3 is 1. The molecule has 1 heterocycles. The third kappa shape index (κ3) is 6.67. The Morgan fingerprint density at radius 2 is 2.07 bits per heavy atom. The minimum atomic E-state index is 0.549. The summed E-state index contributed by atoms with van der Waals surface area (Å²) in [7, 11) is 1.77. The van der Waals surface area contributed by atoms with Gasteiger partial charge >= 0.3 is 0 Å². The number of nitrogens with one attached hydrogen (secondary N) is 2. The van der Waals surface area contributed by atoms with Crippen LogP contribution in [0.15, 0.2) is 29.3 Å². The van der Waals surface area contributed by atoms with E-state index in [1.54, 1.807) is 7.11 Å². The molecule has 6 heteroatoms. The van der Waals surface area contributed by atoms with Crippen molar-refractivity contribution in [1.82, 2.24) is 15.5 Å². The lowest BCUT2D eigenvalue weighted by atomic mass is 10.2. The van der Waals surface area contributed by atoms with Crippen LogP contribution in [0.3, 0.4) is 0 Å². The zero-order valence-electron chi connectivity index (χ0n) is 17.5. The van der Waals surface area contributed by atoms with E-state index in [-0.39, 0.29) is 0 Å². The maximum Gasteiger partial charge on any atom is 0.191 e. The standard InChI is InChI=1S/C22H36N4O2/c1-3-23-22(25-16-20-8-6-12-26(20)13-14-27-2)24-15-19-7-4-5-9-21(19)28-17-18-10-11-18/h4-5,7,9,18,20H,3,6,8,10-17H2,1-2H3,(H2,23,24,25). The monoisotopic (exact) mass is 388 g/mol. The van der Waals surface area contributed by atoms with Crippen LogP contribution in [0.5, 0.6) is 5.75 Å². The van der Waals surface area contributed by atoms with Gasteiger partial charge in [-0.15, -0.1) is 0 Å². The van der Waals surface area contributed by atoms with Crippen molar-refractivity contribution in [2.45, 2.75) is 45.2 Å². The fourth-order valence-electron chi connectivity index (χ4n) is 3.62. The molecule has 1 unspecified atom stereocenters. The van der Waals surface area contributed by atoms with Crippen LogP contribution in [-0.2, 0) is 11.3 Å². The SMILES string of the molecule is CCNC(=NCc1ccccc1OCC1CC1)NCC1CCCN1CCOC. The number of benzene rings is 1. The molecule has 2 N–H and O–H groups in total.